The number of benzene rings is 1. The van der Waals surface area contributed by atoms with Crippen molar-refractivity contribution < 1.29 is 17.9 Å². The Morgan fingerprint density at radius 3 is 2.52 bits per heavy atom. The minimum atomic E-state index is -4.37. The van der Waals surface area contributed by atoms with E-state index in [0.717, 1.165) is 6.07 Å². The zero-order chi connectivity index (χ0) is 16.0. The van der Waals surface area contributed by atoms with E-state index in [9.17, 15) is 13.2 Å². The molecule has 21 heavy (non-hydrogen) atoms. The van der Waals surface area contributed by atoms with E-state index < -0.39 is 11.7 Å². The van der Waals surface area contributed by atoms with E-state index in [1.165, 1.54) is 0 Å². The van der Waals surface area contributed by atoms with Crippen LogP contribution in [0.3, 0.4) is 0 Å². The summed E-state index contributed by atoms with van der Waals surface area (Å²) in [5.74, 6) is 0.0344. The lowest BCUT2D eigenvalue weighted by Gasteiger charge is -2.28. The van der Waals surface area contributed by atoms with Crippen LogP contribution >= 0.6 is 15.9 Å². The van der Waals surface area contributed by atoms with Crippen molar-refractivity contribution in [1.82, 2.24) is 5.32 Å². The first-order valence-electron chi connectivity index (χ1n) is 6.90. The molecule has 0 aliphatic carbocycles. The molecule has 1 rings (SSSR count). The molecule has 2 atom stereocenters. The average molecular weight is 368 g/mol. The average Bonchev–Trinajstić information content (AvgIpc) is 2.41. The molecule has 0 radical (unpaired) electrons. The van der Waals surface area contributed by atoms with Crippen molar-refractivity contribution in [2.45, 2.75) is 32.5 Å². The van der Waals surface area contributed by atoms with Crippen molar-refractivity contribution in [1.29, 1.82) is 0 Å². The molecule has 0 saturated heterocycles. The summed E-state index contributed by atoms with van der Waals surface area (Å²) >= 11 is 3.12. The molecule has 0 bridgehead atoms. The van der Waals surface area contributed by atoms with Gasteiger partial charge in [0.2, 0.25) is 0 Å². The van der Waals surface area contributed by atoms with Crippen LogP contribution in [-0.4, -0.2) is 20.3 Å². The van der Waals surface area contributed by atoms with E-state index in [0.29, 0.717) is 24.0 Å². The third-order valence-electron chi connectivity index (χ3n) is 3.43. The summed E-state index contributed by atoms with van der Waals surface area (Å²) in [5.41, 5.74) is -0.303. The van der Waals surface area contributed by atoms with Crippen molar-refractivity contribution in [2.24, 2.45) is 5.92 Å². The second-order valence-corrected chi connectivity index (χ2v) is 5.94. The molecule has 6 heteroatoms. The molecule has 1 N–H and O–H groups in total. The van der Waals surface area contributed by atoms with Gasteiger partial charge in [0.15, 0.2) is 0 Å². The van der Waals surface area contributed by atoms with E-state index >= 15 is 0 Å². The normalized spacial score (nSPS) is 15.0. The van der Waals surface area contributed by atoms with Crippen LogP contribution in [0.4, 0.5) is 13.2 Å². The summed E-state index contributed by atoms with van der Waals surface area (Å²) < 4.78 is 45.3. The van der Waals surface area contributed by atoms with Crippen molar-refractivity contribution in [2.75, 3.05) is 20.3 Å². The van der Waals surface area contributed by atoms with Gasteiger partial charge in [-0.3, -0.25) is 0 Å². The summed E-state index contributed by atoms with van der Waals surface area (Å²) in [6.07, 6.45) is -3.67. The highest BCUT2D eigenvalue weighted by Gasteiger charge is 2.36. The van der Waals surface area contributed by atoms with Crippen LogP contribution in [0.25, 0.3) is 0 Å². The van der Waals surface area contributed by atoms with Crippen molar-refractivity contribution >= 4 is 15.9 Å². The maximum absolute atomic E-state index is 13.3. The van der Waals surface area contributed by atoms with Gasteiger partial charge in [-0.2, -0.15) is 13.2 Å². The second-order valence-electron chi connectivity index (χ2n) is 5.02. The summed E-state index contributed by atoms with van der Waals surface area (Å²) in [7, 11) is 1.59. The number of alkyl halides is 3. The smallest absolute Gasteiger partial charge is 0.385 e. The summed E-state index contributed by atoms with van der Waals surface area (Å²) in [6.45, 7) is 4.97. The van der Waals surface area contributed by atoms with E-state index in [2.05, 4.69) is 21.2 Å². The predicted molar refractivity (Wildman–Crippen MR) is 81.2 cm³/mol. The van der Waals surface area contributed by atoms with Gasteiger partial charge in [-0.25, -0.2) is 0 Å². The number of hydrogen-bond acceptors (Lipinski definition) is 2. The Morgan fingerprint density at radius 1 is 1.33 bits per heavy atom. The molecule has 1 aromatic rings. The molecule has 2 nitrogen and oxygen atoms in total. The van der Waals surface area contributed by atoms with Gasteiger partial charge in [-0.05, 0) is 36.6 Å². The first-order chi connectivity index (χ1) is 9.81. The summed E-state index contributed by atoms with van der Waals surface area (Å²) in [5, 5.41) is 3.17. The standard InChI is InChI=1S/C15H21BrF3NO/c1-4-20-14(10(2)7-8-21-3)12-6-5-11(16)9-13(12)15(17,18)19/h5-6,9-10,14,20H,4,7-8H2,1-3H3. The number of hydrogen-bond donors (Lipinski definition) is 1. The molecule has 0 saturated carbocycles. The molecule has 0 heterocycles. The third-order valence-corrected chi connectivity index (χ3v) is 3.92. The fraction of sp³-hybridized carbons (Fsp3) is 0.600. The third kappa shape index (κ3) is 5.27. The fourth-order valence-corrected chi connectivity index (χ4v) is 2.71. The molecular formula is C15H21BrF3NO. The van der Waals surface area contributed by atoms with Gasteiger partial charge in [0.05, 0.1) is 5.56 Å². The van der Waals surface area contributed by atoms with Crippen LogP contribution in [0.1, 0.15) is 37.4 Å². The lowest BCUT2D eigenvalue weighted by atomic mass is 9.89. The SMILES string of the molecule is CCNC(c1ccc(Br)cc1C(F)(F)F)C(C)CCOC. The van der Waals surface area contributed by atoms with E-state index in [1.807, 2.05) is 13.8 Å². The lowest BCUT2D eigenvalue weighted by Crippen LogP contribution is -2.29. The predicted octanol–water partition coefficient (Wildman–Crippen LogP) is 4.79. The van der Waals surface area contributed by atoms with Gasteiger partial charge >= 0.3 is 6.18 Å². The van der Waals surface area contributed by atoms with Crippen LogP contribution in [-0.2, 0) is 10.9 Å². The van der Waals surface area contributed by atoms with Crippen LogP contribution in [0, 0.1) is 5.92 Å². The number of halogens is 4. The van der Waals surface area contributed by atoms with Crippen molar-refractivity contribution in [3.05, 3.63) is 33.8 Å². The van der Waals surface area contributed by atoms with Crippen LogP contribution in [0.2, 0.25) is 0 Å². The zero-order valence-electron chi connectivity index (χ0n) is 12.4. The quantitative estimate of drug-likeness (QED) is 0.747. The minimum absolute atomic E-state index is 0.0344. The molecule has 0 spiro atoms. The van der Waals surface area contributed by atoms with E-state index in [4.69, 9.17) is 4.74 Å². The van der Waals surface area contributed by atoms with Crippen molar-refractivity contribution in [3.63, 3.8) is 0 Å². The van der Waals surface area contributed by atoms with Gasteiger partial charge in [0.1, 0.15) is 0 Å². The molecule has 0 aromatic heterocycles. The first-order valence-corrected chi connectivity index (χ1v) is 7.69. The molecule has 0 aliphatic rings. The van der Waals surface area contributed by atoms with Gasteiger partial charge in [-0.15, -0.1) is 0 Å². The molecule has 2 unspecified atom stereocenters. The Labute approximate surface area is 132 Å². The Hall–Kier alpha value is -0.590. The zero-order valence-corrected chi connectivity index (χ0v) is 14.0. The largest absolute Gasteiger partial charge is 0.416 e. The topological polar surface area (TPSA) is 21.3 Å². The molecule has 120 valence electrons. The number of nitrogens with one attached hydrogen (secondary N) is 1. The summed E-state index contributed by atoms with van der Waals surface area (Å²) in [6, 6.07) is 3.99. The second kappa shape index (κ2) is 8.15. The molecule has 1 aromatic carbocycles. The fourth-order valence-electron chi connectivity index (χ4n) is 2.35. The minimum Gasteiger partial charge on any atom is -0.385 e. The maximum Gasteiger partial charge on any atom is 0.416 e. The van der Waals surface area contributed by atoms with Gasteiger partial charge in [-0.1, -0.05) is 35.8 Å². The van der Waals surface area contributed by atoms with Crippen molar-refractivity contribution in [3.8, 4) is 0 Å². The van der Waals surface area contributed by atoms with Crippen LogP contribution < -0.4 is 5.32 Å². The Balaban J connectivity index is 3.18. The van der Waals surface area contributed by atoms with Gasteiger partial charge < -0.3 is 10.1 Å². The summed E-state index contributed by atoms with van der Waals surface area (Å²) in [4.78, 5) is 0. The molecule has 0 aliphatic heterocycles. The Bertz CT molecular complexity index is 451. The number of methoxy groups -OCH3 is 1. The van der Waals surface area contributed by atoms with Gasteiger partial charge in [0, 0.05) is 24.2 Å². The maximum atomic E-state index is 13.3. The van der Waals surface area contributed by atoms with Crippen LogP contribution in [0.5, 0.6) is 0 Å². The number of rotatable bonds is 7. The number of ether oxygens (including phenoxy) is 1. The highest BCUT2D eigenvalue weighted by Crippen LogP contribution is 2.38. The Morgan fingerprint density at radius 2 is 2.00 bits per heavy atom. The van der Waals surface area contributed by atoms with E-state index in [1.54, 1.807) is 19.2 Å². The Kier molecular flexibility index (Phi) is 7.16. The highest BCUT2D eigenvalue weighted by atomic mass is 79.9. The highest BCUT2D eigenvalue weighted by molar-refractivity contribution is 9.10. The van der Waals surface area contributed by atoms with E-state index in [-0.39, 0.29) is 17.5 Å². The molecular weight excluding hydrogens is 347 g/mol. The lowest BCUT2D eigenvalue weighted by molar-refractivity contribution is -0.138. The first kappa shape index (κ1) is 18.5. The van der Waals surface area contributed by atoms with Crippen LogP contribution in [0.15, 0.2) is 22.7 Å². The van der Waals surface area contributed by atoms with Gasteiger partial charge in [0.25, 0.3) is 0 Å². The molecule has 0 fully saturated rings. The molecule has 0 amide bonds. The monoisotopic (exact) mass is 367 g/mol.